The molecule has 2 aromatic rings. The normalized spacial score (nSPS) is 9.44. The molecule has 0 aliphatic carbocycles. The predicted octanol–water partition coefficient (Wildman–Crippen LogP) is -1.02. The minimum Gasteiger partial charge on any atom is -1.00 e. The van der Waals surface area contributed by atoms with Crippen LogP contribution in [0, 0.1) is 13.8 Å². The lowest BCUT2D eigenvalue weighted by Crippen LogP contribution is -3.00. The van der Waals surface area contributed by atoms with Gasteiger partial charge in [-0.3, -0.25) is 4.79 Å². The maximum Gasteiger partial charge on any atom is 0.305 e. The SMILES string of the molecule is Cc1cc[n+](NC(=O)c2ccccc2C)cc1.[Cl-]. The molecular formula is C14H15ClN2O. The van der Waals surface area contributed by atoms with E-state index < -0.39 is 0 Å². The van der Waals surface area contributed by atoms with Gasteiger partial charge in [0.25, 0.3) is 0 Å². The zero-order valence-electron chi connectivity index (χ0n) is 10.4. The topological polar surface area (TPSA) is 33.0 Å². The molecule has 1 amide bonds. The first kappa shape index (κ1) is 14.2. The van der Waals surface area contributed by atoms with E-state index in [0.29, 0.717) is 5.56 Å². The highest BCUT2D eigenvalue weighted by Gasteiger charge is 2.11. The zero-order valence-corrected chi connectivity index (χ0v) is 11.1. The Morgan fingerprint density at radius 3 is 2.28 bits per heavy atom. The molecule has 0 aliphatic heterocycles. The van der Waals surface area contributed by atoms with Gasteiger partial charge in [0.15, 0.2) is 12.4 Å². The van der Waals surface area contributed by atoms with Crippen LogP contribution in [0.25, 0.3) is 0 Å². The van der Waals surface area contributed by atoms with E-state index in [2.05, 4.69) is 5.43 Å². The number of halogens is 1. The van der Waals surface area contributed by atoms with E-state index in [4.69, 9.17) is 0 Å². The second-order valence-electron chi connectivity index (χ2n) is 4.04. The lowest BCUT2D eigenvalue weighted by molar-refractivity contribution is -0.641. The highest BCUT2D eigenvalue weighted by atomic mass is 35.5. The van der Waals surface area contributed by atoms with Crippen molar-refractivity contribution in [1.82, 2.24) is 0 Å². The maximum atomic E-state index is 12.0. The average Bonchev–Trinajstić information content (AvgIpc) is 2.32. The van der Waals surface area contributed by atoms with Crippen LogP contribution in [0.15, 0.2) is 48.8 Å². The van der Waals surface area contributed by atoms with E-state index in [0.717, 1.165) is 11.1 Å². The van der Waals surface area contributed by atoms with E-state index in [1.807, 2.05) is 62.6 Å². The standard InChI is InChI=1S/C14H14N2O.ClH/c1-11-7-9-16(10-8-11)15-14(17)13-6-4-3-5-12(13)2;/h3-10H,1-2H3;1H. The van der Waals surface area contributed by atoms with Crippen LogP contribution in [0.4, 0.5) is 0 Å². The summed E-state index contributed by atoms with van der Waals surface area (Å²) >= 11 is 0. The lowest BCUT2D eigenvalue weighted by atomic mass is 10.1. The van der Waals surface area contributed by atoms with Gasteiger partial charge in [-0.05, 0) is 31.0 Å². The zero-order chi connectivity index (χ0) is 12.3. The monoisotopic (exact) mass is 262 g/mol. The molecule has 1 N–H and O–H groups in total. The molecule has 0 aliphatic rings. The van der Waals surface area contributed by atoms with E-state index in [1.54, 1.807) is 4.68 Å². The van der Waals surface area contributed by atoms with Crippen molar-refractivity contribution in [2.45, 2.75) is 13.8 Å². The third-order valence-corrected chi connectivity index (χ3v) is 2.62. The smallest absolute Gasteiger partial charge is 0.305 e. The van der Waals surface area contributed by atoms with Crippen molar-refractivity contribution in [1.29, 1.82) is 0 Å². The van der Waals surface area contributed by atoms with Gasteiger partial charge in [0.1, 0.15) is 0 Å². The Bertz CT molecular complexity index is 538. The largest absolute Gasteiger partial charge is 1.00 e. The summed E-state index contributed by atoms with van der Waals surface area (Å²) in [6.07, 6.45) is 3.65. The van der Waals surface area contributed by atoms with Crippen molar-refractivity contribution in [3.05, 3.63) is 65.5 Å². The summed E-state index contributed by atoms with van der Waals surface area (Å²) in [5.41, 5.74) is 5.63. The highest BCUT2D eigenvalue weighted by molar-refractivity contribution is 5.99. The minimum atomic E-state index is -0.100. The molecule has 3 nitrogen and oxygen atoms in total. The Labute approximate surface area is 113 Å². The average molecular weight is 263 g/mol. The number of pyridine rings is 1. The number of hydrogen-bond donors (Lipinski definition) is 1. The lowest BCUT2D eigenvalue weighted by Gasteiger charge is -2.03. The molecule has 4 heteroatoms. The van der Waals surface area contributed by atoms with E-state index in [1.165, 1.54) is 0 Å². The summed E-state index contributed by atoms with van der Waals surface area (Å²) in [4.78, 5) is 12.0. The first-order valence-electron chi connectivity index (χ1n) is 5.52. The molecule has 0 radical (unpaired) electrons. The van der Waals surface area contributed by atoms with Crippen molar-refractivity contribution in [3.8, 4) is 0 Å². The summed E-state index contributed by atoms with van der Waals surface area (Å²) in [6.45, 7) is 3.93. The summed E-state index contributed by atoms with van der Waals surface area (Å²) in [6, 6.07) is 11.4. The van der Waals surface area contributed by atoms with E-state index in [9.17, 15) is 4.79 Å². The number of benzene rings is 1. The number of aryl methyl sites for hydroxylation is 2. The van der Waals surface area contributed by atoms with Crippen LogP contribution in [-0.2, 0) is 0 Å². The molecule has 0 bridgehead atoms. The van der Waals surface area contributed by atoms with Crippen molar-refractivity contribution in [2.24, 2.45) is 0 Å². The number of nitrogens with one attached hydrogen (secondary N) is 1. The molecule has 1 aromatic carbocycles. The quantitative estimate of drug-likeness (QED) is 0.691. The van der Waals surface area contributed by atoms with Crippen LogP contribution in [0.5, 0.6) is 0 Å². The van der Waals surface area contributed by atoms with Crippen LogP contribution in [-0.4, -0.2) is 5.91 Å². The number of rotatable bonds is 2. The van der Waals surface area contributed by atoms with Gasteiger partial charge in [-0.15, -0.1) is 5.43 Å². The second kappa shape index (κ2) is 6.17. The highest BCUT2D eigenvalue weighted by Crippen LogP contribution is 2.06. The maximum absolute atomic E-state index is 12.0. The van der Waals surface area contributed by atoms with Crippen molar-refractivity contribution in [3.63, 3.8) is 0 Å². The first-order chi connectivity index (χ1) is 8.16. The fourth-order valence-corrected chi connectivity index (χ4v) is 1.58. The molecule has 0 saturated heterocycles. The minimum absolute atomic E-state index is 0. The second-order valence-corrected chi connectivity index (χ2v) is 4.04. The predicted molar refractivity (Wildman–Crippen MR) is 66.2 cm³/mol. The van der Waals surface area contributed by atoms with Crippen molar-refractivity contribution < 1.29 is 21.9 Å². The molecule has 1 heterocycles. The molecule has 1 aromatic heterocycles. The fourth-order valence-electron chi connectivity index (χ4n) is 1.58. The van der Waals surface area contributed by atoms with E-state index >= 15 is 0 Å². The third kappa shape index (κ3) is 3.31. The van der Waals surface area contributed by atoms with Crippen molar-refractivity contribution in [2.75, 3.05) is 5.43 Å². The fraction of sp³-hybridized carbons (Fsp3) is 0.143. The molecule has 94 valence electrons. The van der Waals surface area contributed by atoms with Gasteiger partial charge in [-0.2, -0.15) is 0 Å². The number of aromatic nitrogens is 1. The van der Waals surface area contributed by atoms with E-state index in [-0.39, 0.29) is 18.3 Å². The Morgan fingerprint density at radius 2 is 1.67 bits per heavy atom. The first-order valence-corrected chi connectivity index (χ1v) is 5.52. The molecule has 0 atom stereocenters. The van der Waals surface area contributed by atoms with Crippen molar-refractivity contribution >= 4 is 5.91 Å². The van der Waals surface area contributed by atoms with Crippen LogP contribution in [0.1, 0.15) is 21.5 Å². The number of hydrogen-bond acceptors (Lipinski definition) is 1. The molecular weight excluding hydrogens is 248 g/mol. The summed E-state index contributed by atoms with van der Waals surface area (Å²) in [5, 5.41) is 0. The summed E-state index contributed by atoms with van der Waals surface area (Å²) in [5.74, 6) is -0.100. The number of carbonyl (C=O) groups excluding carboxylic acids is 1. The van der Waals surface area contributed by atoms with Gasteiger partial charge in [-0.1, -0.05) is 22.9 Å². The molecule has 18 heavy (non-hydrogen) atoms. The Morgan fingerprint density at radius 1 is 1.06 bits per heavy atom. The molecule has 2 rings (SSSR count). The molecule has 0 fully saturated rings. The van der Waals surface area contributed by atoms with Gasteiger partial charge in [0, 0.05) is 17.7 Å². The van der Waals surface area contributed by atoms with Gasteiger partial charge < -0.3 is 12.4 Å². The number of carbonyl (C=O) groups is 1. The van der Waals surface area contributed by atoms with Gasteiger partial charge in [0.2, 0.25) is 0 Å². The van der Waals surface area contributed by atoms with Gasteiger partial charge in [0.05, 0.1) is 0 Å². The summed E-state index contributed by atoms with van der Waals surface area (Å²) in [7, 11) is 0. The molecule has 0 saturated carbocycles. The van der Waals surface area contributed by atoms with Crippen LogP contribution < -0.4 is 22.5 Å². The van der Waals surface area contributed by atoms with Crippen LogP contribution >= 0.6 is 0 Å². The third-order valence-electron chi connectivity index (χ3n) is 2.62. The Hall–Kier alpha value is -1.87. The summed E-state index contributed by atoms with van der Waals surface area (Å²) < 4.78 is 1.65. The number of nitrogens with zero attached hydrogens (tertiary/aromatic N) is 1. The van der Waals surface area contributed by atoms with Gasteiger partial charge in [-0.25, -0.2) is 0 Å². The number of amides is 1. The molecule has 0 spiro atoms. The molecule has 0 unspecified atom stereocenters. The van der Waals surface area contributed by atoms with Crippen LogP contribution in [0.3, 0.4) is 0 Å². The van der Waals surface area contributed by atoms with Crippen LogP contribution in [0.2, 0.25) is 0 Å². The van der Waals surface area contributed by atoms with Gasteiger partial charge >= 0.3 is 5.91 Å². The Balaban J connectivity index is 0.00000162. The Kier molecular flexibility index (Phi) is 4.86.